The lowest BCUT2D eigenvalue weighted by Crippen LogP contribution is -2.15. The van der Waals surface area contributed by atoms with Crippen LogP contribution < -0.4 is 5.32 Å². The van der Waals surface area contributed by atoms with Crippen molar-refractivity contribution in [3.05, 3.63) is 65.5 Å². The number of para-hydroxylation sites is 1. The van der Waals surface area contributed by atoms with Crippen molar-refractivity contribution in [2.24, 2.45) is 5.92 Å². The molecule has 2 aromatic carbocycles. The van der Waals surface area contributed by atoms with Crippen LogP contribution in [0.4, 0.5) is 10.1 Å². The number of amides is 1. The molecule has 0 radical (unpaired) electrons. The first-order valence-corrected chi connectivity index (χ1v) is 6.74. The molecule has 1 fully saturated rings. The Morgan fingerprint density at radius 1 is 1.24 bits per heavy atom. The standard InChI is InChI=1S/C17H13FN2O/c18-13-6-3-5-11(8-13)14-9-15(14)17(21)20-16-7-2-1-4-12(16)10-19/h1-8,14-15H,9H2,(H,20,21)/t14-,15+/m1/s1. The summed E-state index contributed by atoms with van der Waals surface area (Å²) >= 11 is 0. The van der Waals surface area contributed by atoms with E-state index in [1.165, 1.54) is 12.1 Å². The smallest absolute Gasteiger partial charge is 0.228 e. The van der Waals surface area contributed by atoms with Crippen molar-refractivity contribution in [2.45, 2.75) is 12.3 Å². The van der Waals surface area contributed by atoms with Crippen molar-refractivity contribution >= 4 is 11.6 Å². The van der Waals surface area contributed by atoms with Gasteiger partial charge in [0.05, 0.1) is 11.3 Å². The first kappa shape index (κ1) is 13.3. The van der Waals surface area contributed by atoms with Gasteiger partial charge < -0.3 is 5.32 Å². The molecular formula is C17H13FN2O. The number of anilines is 1. The third-order valence-corrected chi connectivity index (χ3v) is 3.71. The van der Waals surface area contributed by atoms with Gasteiger partial charge in [-0.3, -0.25) is 4.79 Å². The van der Waals surface area contributed by atoms with E-state index in [0.29, 0.717) is 17.7 Å². The number of hydrogen-bond acceptors (Lipinski definition) is 2. The fourth-order valence-electron chi connectivity index (χ4n) is 2.51. The number of nitriles is 1. The first-order valence-electron chi connectivity index (χ1n) is 6.74. The van der Waals surface area contributed by atoms with Gasteiger partial charge in [0.2, 0.25) is 5.91 Å². The monoisotopic (exact) mass is 280 g/mol. The molecule has 21 heavy (non-hydrogen) atoms. The fourth-order valence-corrected chi connectivity index (χ4v) is 2.51. The average molecular weight is 280 g/mol. The van der Waals surface area contributed by atoms with Crippen molar-refractivity contribution in [1.29, 1.82) is 5.26 Å². The number of carbonyl (C=O) groups excluding carboxylic acids is 1. The topological polar surface area (TPSA) is 52.9 Å². The molecule has 2 atom stereocenters. The van der Waals surface area contributed by atoms with Crippen molar-refractivity contribution in [2.75, 3.05) is 5.32 Å². The summed E-state index contributed by atoms with van der Waals surface area (Å²) in [5, 5.41) is 11.8. The van der Waals surface area contributed by atoms with E-state index in [1.807, 2.05) is 12.1 Å². The van der Waals surface area contributed by atoms with Gasteiger partial charge in [-0.25, -0.2) is 4.39 Å². The second-order valence-electron chi connectivity index (χ2n) is 5.15. The highest BCUT2D eigenvalue weighted by atomic mass is 19.1. The molecule has 0 saturated heterocycles. The van der Waals surface area contributed by atoms with E-state index in [0.717, 1.165) is 5.56 Å². The lowest BCUT2D eigenvalue weighted by atomic mass is 10.1. The molecule has 1 amide bonds. The highest BCUT2D eigenvalue weighted by Crippen LogP contribution is 2.48. The third kappa shape index (κ3) is 2.77. The third-order valence-electron chi connectivity index (χ3n) is 3.71. The van der Waals surface area contributed by atoms with Gasteiger partial charge in [-0.2, -0.15) is 5.26 Å². The lowest BCUT2D eigenvalue weighted by Gasteiger charge is -2.06. The highest BCUT2D eigenvalue weighted by molar-refractivity contribution is 5.96. The van der Waals surface area contributed by atoms with E-state index in [4.69, 9.17) is 5.26 Å². The zero-order valence-electron chi connectivity index (χ0n) is 11.2. The Balaban J connectivity index is 1.70. The summed E-state index contributed by atoms with van der Waals surface area (Å²) in [4.78, 5) is 12.2. The van der Waals surface area contributed by atoms with E-state index in [1.54, 1.807) is 30.3 Å². The molecular weight excluding hydrogens is 267 g/mol. The second kappa shape index (κ2) is 5.37. The molecule has 0 aliphatic heterocycles. The van der Waals surface area contributed by atoms with Gasteiger partial charge in [-0.15, -0.1) is 0 Å². The maximum Gasteiger partial charge on any atom is 0.228 e. The van der Waals surface area contributed by atoms with Crippen LogP contribution in [0.1, 0.15) is 23.5 Å². The van der Waals surface area contributed by atoms with Crippen molar-refractivity contribution in [3.8, 4) is 6.07 Å². The van der Waals surface area contributed by atoms with Crippen LogP contribution in [0, 0.1) is 23.1 Å². The molecule has 1 aliphatic carbocycles. The number of rotatable bonds is 3. The maximum atomic E-state index is 13.2. The predicted molar refractivity (Wildman–Crippen MR) is 77.0 cm³/mol. The lowest BCUT2D eigenvalue weighted by molar-refractivity contribution is -0.117. The average Bonchev–Trinajstić information content (AvgIpc) is 3.28. The van der Waals surface area contributed by atoms with Crippen LogP contribution in [0.3, 0.4) is 0 Å². The van der Waals surface area contributed by atoms with Crippen molar-refractivity contribution in [1.82, 2.24) is 0 Å². The number of halogens is 1. The van der Waals surface area contributed by atoms with Gasteiger partial charge in [0.15, 0.2) is 0 Å². The largest absolute Gasteiger partial charge is 0.325 e. The number of nitrogens with one attached hydrogen (secondary N) is 1. The molecule has 4 heteroatoms. The van der Waals surface area contributed by atoms with Gasteiger partial charge in [0, 0.05) is 5.92 Å². The number of nitrogens with zero attached hydrogens (tertiary/aromatic N) is 1. The van der Waals surface area contributed by atoms with Crippen LogP contribution in [0.25, 0.3) is 0 Å². The van der Waals surface area contributed by atoms with Crippen LogP contribution in [0.2, 0.25) is 0 Å². The molecule has 0 unspecified atom stereocenters. The van der Waals surface area contributed by atoms with E-state index in [9.17, 15) is 9.18 Å². The van der Waals surface area contributed by atoms with Gasteiger partial charge in [0.25, 0.3) is 0 Å². The Morgan fingerprint density at radius 3 is 2.81 bits per heavy atom. The minimum Gasteiger partial charge on any atom is -0.325 e. The summed E-state index contributed by atoms with van der Waals surface area (Å²) in [6, 6.07) is 15.3. The predicted octanol–water partition coefficient (Wildman–Crippen LogP) is 3.44. The molecule has 0 spiro atoms. The summed E-state index contributed by atoms with van der Waals surface area (Å²) in [5.41, 5.74) is 1.81. The zero-order chi connectivity index (χ0) is 14.8. The molecule has 1 aliphatic rings. The fraction of sp³-hybridized carbons (Fsp3) is 0.176. The van der Waals surface area contributed by atoms with E-state index >= 15 is 0 Å². The van der Waals surface area contributed by atoms with Crippen LogP contribution >= 0.6 is 0 Å². The molecule has 0 aromatic heterocycles. The van der Waals surface area contributed by atoms with Gasteiger partial charge in [0.1, 0.15) is 11.9 Å². The Bertz CT molecular complexity index is 736. The molecule has 1 N–H and O–H groups in total. The van der Waals surface area contributed by atoms with E-state index < -0.39 is 0 Å². The summed E-state index contributed by atoms with van der Waals surface area (Å²) in [5.74, 6) is -0.492. The second-order valence-corrected chi connectivity index (χ2v) is 5.15. The van der Waals surface area contributed by atoms with Gasteiger partial charge >= 0.3 is 0 Å². The van der Waals surface area contributed by atoms with E-state index in [2.05, 4.69) is 5.32 Å². The SMILES string of the molecule is N#Cc1ccccc1NC(=O)[C@H]1C[C@@H]1c1cccc(F)c1. The highest BCUT2D eigenvalue weighted by Gasteiger charge is 2.44. The molecule has 3 nitrogen and oxygen atoms in total. The van der Waals surface area contributed by atoms with Crippen LogP contribution in [0.15, 0.2) is 48.5 Å². The quantitative estimate of drug-likeness (QED) is 0.936. The summed E-state index contributed by atoms with van der Waals surface area (Å²) < 4.78 is 13.2. The van der Waals surface area contributed by atoms with Crippen molar-refractivity contribution < 1.29 is 9.18 Å². The van der Waals surface area contributed by atoms with Gasteiger partial charge in [-0.1, -0.05) is 24.3 Å². The zero-order valence-corrected chi connectivity index (χ0v) is 11.2. The number of carbonyl (C=O) groups is 1. The van der Waals surface area contributed by atoms with Crippen LogP contribution in [-0.2, 0) is 4.79 Å². The molecule has 0 heterocycles. The minimum atomic E-state index is -0.284. The van der Waals surface area contributed by atoms with Crippen molar-refractivity contribution in [3.63, 3.8) is 0 Å². The first-order chi connectivity index (χ1) is 10.2. The molecule has 104 valence electrons. The Labute approximate surface area is 122 Å². The number of hydrogen-bond donors (Lipinski definition) is 1. The summed E-state index contributed by atoms with van der Waals surface area (Å²) in [6.07, 6.45) is 0.712. The summed E-state index contributed by atoms with van der Waals surface area (Å²) in [6.45, 7) is 0. The van der Waals surface area contributed by atoms with E-state index in [-0.39, 0.29) is 23.6 Å². The minimum absolute atomic E-state index is 0.0648. The Morgan fingerprint density at radius 2 is 2.05 bits per heavy atom. The summed E-state index contributed by atoms with van der Waals surface area (Å²) in [7, 11) is 0. The molecule has 0 bridgehead atoms. The van der Waals surface area contributed by atoms with Crippen LogP contribution in [-0.4, -0.2) is 5.91 Å². The Kier molecular flexibility index (Phi) is 3.41. The maximum absolute atomic E-state index is 13.2. The Hall–Kier alpha value is -2.67. The number of benzene rings is 2. The van der Waals surface area contributed by atoms with Crippen LogP contribution in [0.5, 0.6) is 0 Å². The van der Waals surface area contributed by atoms with Gasteiger partial charge in [-0.05, 0) is 42.2 Å². The molecule has 3 rings (SSSR count). The molecule has 1 saturated carbocycles. The normalized spacial score (nSPS) is 19.6. The molecule has 2 aromatic rings.